The molecule has 0 atom stereocenters. The lowest BCUT2D eigenvalue weighted by atomic mass is 10.3. The molecule has 0 aliphatic carbocycles. The SMILES string of the molecule is CCCNS(=O)(=O)c1ccc(Cl)c(OC)c1. The molecule has 0 bridgehead atoms. The Bertz CT molecular complexity index is 459. The van der Waals surface area contributed by atoms with Crippen LogP contribution in [0.5, 0.6) is 5.75 Å². The number of methoxy groups -OCH3 is 1. The van der Waals surface area contributed by atoms with E-state index in [2.05, 4.69) is 4.72 Å². The minimum atomic E-state index is -3.46. The van der Waals surface area contributed by atoms with Crippen LogP contribution in [0.25, 0.3) is 0 Å². The molecule has 6 heteroatoms. The molecule has 0 aliphatic rings. The van der Waals surface area contributed by atoms with Crippen LogP contribution in [-0.4, -0.2) is 22.1 Å². The van der Waals surface area contributed by atoms with Gasteiger partial charge in [-0.3, -0.25) is 0 Å². The second-order valence-corrected chi connectivity index (χ2v) is 5.37. The summed E-state index contributed by atoms with van der Waals surface area (Å²) in [4.78, 5) is 0.155. The lowest BCUT2D eigenvalue weighted by molar-refractivity contribution is 0.413. The number of rotatable bonds is 5. The maximum atomic E-state index is 11.8. The monoisotopic (exact) mass is 263 g/mol. The molecule has 0 unspecified atom stereocenters. The molecule has 1 aromatic rings. The lowest BCUT2D eigenvalue weighted by Crippen LogP contribution is -2.24. The van der Waals surface area contributed by atoms with E-state index < -0.39 is 10.0 Å². The molecule has 0 saturated carbocycles. The zero-order valence-corrected chi connectivity index (χ0v) is 10.7. The van der Waals surface area contributed by atoms with Gasteiger partial charge in [0.15, 0.2) is 0 Å². The van der Waals surface area contributed by atoms with Crippen molar-refractivity contribution in [3.05, 3.63) is 23.2 Å². The topological polar surface area (TPSA) is 55.4 Å². The second-order valence-electron chi connectivity index (χ2n) is 3.19. The van der Waals surface area contributed by atoms with Crippen LogP contribution in [0.3, 0.4) is 0 Å². The molecule has 16 heavy (non-hydrogen) atoms. The van der Waals surface area contributed by atoms with E-state index in [9.17, 15) is 8.42 Å². The molecular weight excluding hydrogens is 250 g/mol. The van der Waals surface area contributed by atoms with Crippen LogP contribution >= 0.6 is 11.6 Å². The van der Waals surface area contributed by atoms with E-state index in [1.165, 1.54) is 25.3 Å². The summed E-state index contributed by atoms with van der Waals surface area (Å²) in [6.45, 7) is 2.30. The number of hydrogen-bond donors (Lipinski definition) is 1. The Morgan fingerprint density at radius 2 is 2.12 bits per heavy atom. The van der Waals surface area contributed by atoms with Gasteiger partial charge in [0.05, 0.1) is 17.0 Å². The third-order valence-electron chi connectivity index (χ3n) is 1.97. The van der Waals surface area contributed by atoms with E-state index in [1.54, 1.807) is 0 Å². The van der Waals surface area contributed by atoms with Crippen molar-refractivity contribution in [2.45, 2.75) is 18.2 Å². The molecule has 0 fully saturated rings. The molecule has 0 heterocycles. The van der Waals surface area contributed by atoms with Crippen LogP contribution < -0.4 is 9.46 Å². The van der Waals surface area contributed by atoms with Crippen molar-refractivity contribution >= 4 is 21.6 Å². The zero-order chi connectivity index (χ0) is 12.2. The predicted octanol–water partition coefficient (Wildman–Crippen LogP) is 2.04. The summed E-state index contributed by atoms with van der Waals surface area (Å²) in [7, 11) is -2.02. The third-order valence-corrected chi connectivity index (χ3v) is 3.75. The Labute approximate surface area is 101 Å². The normalized spacial score (nSPS) is 11.4. The molecule has 0 amide bonds. The fraction of sp³-hybridized carbons (Fsp3) is 0.400. The van der Waals surface area contributed by atoms with Crippen molar-refractivity contribution < 1.29 is 13.2 Å². The highest BCUT2D eigenvalue weighted by Crippen LogP contribution is 2.26. The highest BCUT2D eigenvalue weighted by Gasteiger charge is 2.15. The molecule has 1 N–H and O–H groups in total. The molecule has 90 valence electrons. The molecular formula is C10H14ClNO3S. The van der Waals surface area contributed by atoms with E-state index in [0.717, 1.165) is 6.42 Å². The van der Waals surface area contributed by atoms with Gasteiger partial charge >= 0.3 is 0 Å². The van der Waals surface area contributed by atoms with Gasteiger partial charge in [0, 0.05) is 12.6 Å². The average molecular weight is 264 g/mol. The Morgan fingerprint density at radius 3 is 2.69 bits per heavy atom. The van der Waals surface area contributed by atoms with Crippen molar-refractivity contribution in [3.8, 4) is 5.75 Å². The van der Waals surface area contributed by atoms with Gasteiger partial charge in [0.25, 0.3) is 0 Å². The number of hydrogen-bond acceptors (Lipinski definition) is 3. The summed E-state index contributed by atoms with van der Waals surface area (Å²) in [5.41, 5.74) is 0. The third kappa shape index (κ3) is 3.10. The maximum Gasteiger partial charge on any atom is 0.240 e. The first-order chi connectivity index (χ1) is 7.51. The molecule has 1 rings (SSSR count). The van der Waals surface area contributed by atoms with E-state index in [0.29, 0.717) is 17.3 Å². The lowest BCUT2D eigenvalue weighted by Gasteiger charge is -2.08. The molecule has 4 nitrogen and oxygen atoms in total. The number of ether oxygens (including phenoxy) is 1. The van der Waals surface area contributed by atoms with Crippen LogP contribution in [0, 0.1) is 0 Å². The van der Waals surface area contributed by atoms with Crippen LogP contribution in [0.2, 0.25) is 5.02 Å². The van der Waals surface area contributed by atoms with E-state index >= 15 is 0 Å². The van der Waals surface area contributed by atoms with Crippen molar-refractivity contribution in [1.29, 1.82) is 0 Å². The fourth-order valence-electron chi connectivity index (χ4n) is 1.13. The zero-order valence-electron chi connectivity index (χ0n) is 9.16. The minimum Gasteiger partial charge on any atom is -0.495 e. The Morgan fingerprint density at radius 1 is 1.44 bits per heavy atom. The number of sulfonamides is 1. The molecule has 0 aliphatic heterocycles. The van der Waals surface area contributed by atoms with Gasteiger partial charge in [-0.05, 0) is 18.6 Å². The molecule has 0 spiro atoms. The first-order valence-corrected chi connectivity index (χ1v) is 6.70. The van der Waals surface area contributed by atoms with Gasteiger partial charge in [-0.1, -0.05) is 18.5 Å². The number of halogens is 1. The van der Waals surface area contributed by atoms with E-state index in [4.69, 9.17) is 16.3 Å². The summed E-state index contributed by atoms with van der Waals surface area (Å²) >= 11 is 5.81. The standard InChI is InChI=1S/C10H14ClNO3S/c1-3-6-12-16(13,14)8-4-5-9(11)10(7-8)15-2/h4-5,7,12H,3,6H2,1-2H3. The average Bonchev–Trinajstić information content (AvgIpc) is 2.27. The minimum absolute atomic E-state index is 0.155. The van der Waals surface area contributed by atoms with Crippen molar-refractivity contribution in [1.82, 2.24) is 4.72 Å². The smallest absolute Gasteiger partial charge is 0.240 e. The van der Waals surface area contributed by atoms with E-state index in [1.807, 2.05) is 6.92 Å². The van der Waals surface area contributed by atoms with Gasteiger partial charge in [-0.25, -0.2) is 13.1 Å². The van der Waals surface area contributed by atoms with Gasteiger partial charge in [-0.15, -0.1) is 0 Å². The van der Waals surface area contributed by atoms with Gasteiger partial charge in [-0.2, -0.15) is 0 Å². The largest absolute Gasteiger partial charge is 0.495 e. The van der Waals surface area contributed by atoms with Gasteiger partial charge in [0.1, 0.15) is 5.75 Å². The van der Waals surface area contributed by atoms with Gasteiger partial charge < -0.3 is 4.74 Å². The summed E-state index contributed by atoms with van der Waals surface area (Å²) in [6, 6.07) is 4.35. The van der Waals surface area contributed by atoms with Crippen LogP contribution in [0.4, 0.5) is 0 Å². The first-order valence-electron chi connectivity index (χ1n) is 4.84. The van der Waals surface area contributed by atoms with Crippen LogP contribution in [0.1, 0.15) is 13.3 Å². The van der Waals surface area contributed by atoms with Crippen molar-refractivity contribution in [2.75, 3.05) is 13.7 Å². The predicted molar refractivity (Wildman–Crippen MR) is 63.5 cm³/mol. The second kappa shape index (κ2) is 5.52. The number of nitrogens with one attached hydrogen (secondary N) is 1. The van der Waals surface area contributed by atoms with Crippen molar-refractivity contribution in [2.24, 2.45) is 0 Å². The maximum absolute atomic E-state index is 11.8. The summed E-state index contributed by atoms with van der Waals surface area (Å²) < 4.78 is 31.0. The highest BCUT2D eigenvalue weighted by molar-refractivity contribution is 7.89. The molecule has 1 aromatic carbocycles. The fourth-order valence-corrected chi connectivity index (χ4v) is 2.47. The summed E-state index contributed by atoms with van der Waals surface area (Å²) in [5.74, 6) is 0.348. The quantitative estimate of drug-likeness (QED) is 0.884. The highest BCUT2D eigenvalue weighted by atomic mass is 35.5. The summed E-state index contributed by atoms with van der Waals surface area (Å²) in [6.07, 6.45) is 0.740. The van der Waals surface area contributed by atoms with Gasteiger partial charge in [0.2, 0.25) is 10.0 Å². The Kier molecular flexibility index (Phi) is 4.58. The van der Waals surface area contributed by atoms with Crippen LogP contribution in [-0.2, 0) is 10.0 Å². The number of benzene rings is 1. The molecule has 0 aromatic heterocycles. The Hall–Kier alpha value is -0.780. The first kappa shape index (κ1) is 13.3. The summed E-state index contributed by atoms with van der Waals surface area (Å²) in [5, 5.41) is 0.386. The van der Waals surface area contributed by atoms with E-state index in [-0.39, 0.29) is 4.90 Å². The molecule has 0 radical (unpaired) electrons. The molecule has 0 saturated heterocycles. The van der Waals surface area contributed by atoms with Crippen molar-refractivity contribution in [3.63, 3.8) is 0 Å². The Balaban J connectivity index is 3.04. The van der Waals surface area contributed by atoms with Crippen LogP contribution in [0.15, 0.2) is 23.1 Å².